The number of rotatable bonds is 3. The van der Waals surface area contributed by atoms with Crippen LogP contribution >= 0.6 is 0 Å². The summed E-state index contributed by atoms with van der Waals surface area (Å²) in [7, 11) is 2.24. The minimum Gasteiger partial charge on any atom is -0.393 e. The third-order valence-corrected chi connectivity index (χ3v) is 4.83. The minimum atomic E-state index is -0.0442. The Balaban J connectivity index is 1.92. The fraction of sp³-hybridized carbons (Fsp3) is 1.00. The van der Waals surface area contributed by atoms with Gasteiger partial charge in [-0.2, -0.15) is 0 Å². The lowest BCUT2D eigenvalue weighted by molar-refractivity contribution is 0.0359. The van der Waals surface area contributed by atoms with E-state index in [-0.39, 0.29) is 6.10 Å². The molecule has 0 radical (unpaired) electrons. The van der Waals surface area contributed by atoms with Gasteiger partial charge in [0.25, 0.3) is 0 Å². The molecule has 1 aliphatic carbocycles. The second-order valence-electron chi connectivity index (χ2n) is 6.28. The molecule has 3 unspecified atom stereocenters. The van der Waals surface area contributed by atoms with Crippen LogP contribution in [-0.4, -0.2) is 60.3 Å². The van der Waals surface area contributed by atoms with Gasteiger partial charge in [0.2, 0.25) is 0 Å². The van der Waals surface area contributed by atoms with E-state index in [1.165, 1.54) is 51.7 Å². The van der Waals surface area contributed by atoms with E-state index in [2.05, 4.69) is 23.8 Å². The van der Waals surface area contributed by atoms with E-state index in [1.807, 2.05) is 0 Å². The second-order valence-corrected chi connectivity index (χ2v) is 6.28. The summed E-state index contributed by atoms with van der Waals surface area (Å²) in [5, 5.41) is 10.1. The van der Waals surface area contributed by atoms with Crippen LogP contribution < -0.4 is 0 Å². The van der Waals surface area contributed by atoms with Crippen molar-refractivity contribution in [3.63, 3.8) is 0 Å². The lowest BCUT2D eigenvalue weighted by Crippen LogP contribution is -2.44. The van der Waals surface area contributed by atoms with Gasteiger partial charge in [0.05, 0.1) is 6.10 Å². The topological polar surface area (TPSA) is 26.7 Å². The van der Waals surface area contributed by atoms with Crippen molar-refractivity contribution in [3.05, 3.63) is 0 Å². The van der Waals surface area contributed by atoms with Gasteiger partial charge in [0.1, 0.15) is 0 Å². The first kappa shape index (κ1) is 14.3. The molecule has 1 saturated heterocycles. The highest BCUT2D eigenvalue weighted by atomic mass is 16.3. The van der Waals surface area contributed by atoms with Gasteiger partial charge in [-0.3, -0.25) is 4.90 Å². The summed E-state index contributed by atoms with van der Waals surface area (Å²) in [5.41, 5.74) is 0. The molecule has 0 aromatic carbocycles. The van der Waals surface area contributed by atoms with Crippen molar-refractivity contribution in [2.24, 2.45) is 5.92 Å². The third kappa shape index (κ3) is 3.69. The molecule has 0 spiro atoms. The van der Waals surface area contributed by atoms with Crippen molar-refractivity contribution in [2.75, 3.05) is 33.2 Å². The molecule has 3 atom stereocenters. The van der Waals surface area contributed by atoms with E-state index in [1.54, 1.807) is 0 Å². The van der Waals surface area contributed by atoms with Gasteiger partial charge in [-0.15, -0.1) is 0 Å². The third-order valence-electron chi connectivity index (χ3n) is 4.83. The van der Waals surface area contributed by atoms with Gasteiger partial charge in [-0.25, -0.2) is 0 Å². The Labute approximate surface area is 112 Å². The summed E-state index contributed by atoms with van der Waals surface area (Å²) in [6, 6.07) is 0.687. The zero-order chi connectivity index (χ0) is 13.0. The predicted octanol–water partition coefficient (Wildman–Crippen LogP) is 1.95. The van der Waals surface area contributed by atoms with Gasteiger partial charge < -0.3 is 10.0 Å². The number of hydrogen-bond acceptors (Lipinski definition) is 3. The van der Waals surface area contributed by atoms with Crippen molar-refractivity contribution in [2.45, 2.75) is 57.6 Å². The molecule has 1 aliphatic heterocycles. The number of likely N-dealkylation sites (N-methyl/N-ethyl adjacent to an activating group) is 1. The fourth-order valence-electron chi connectivity index (χ4n) is 3.62. The lowest BCUT2D eigenvalue weighted by Gasteiger charge is -2.36. The summed E-state index contributed by atoms with van der Waals surface area (Å²) in [6.45, 7) is 7.05. The maximum Gasteiger partial charge on any atom is 0.0580 e. The van der Waals surface area contributed by atoms with Crippen LogP contribution in [0, 0.1) is 5.92 Å². The molecule has 3 heteroatoms. The van der Waals surface area contributed by atoms with Crippen LogP contribution in [0.15, 0.2) is 0 Å². The molecule has 0 bridgehead atoms. The first-order valence-corrected chi connectivity index (χ1v) is 7.81. The summed E-state index contributed by atoms with van der Waals surface area (Å²) in [4.78, 5) is 5.12. The summed E-state index contributed by atoms with van der Waals surface area (Å²) < 4.78 is 0. The summed E-state index contributed by atoms with van der Waals surface area (Å²) in [6.07, 6.45) is 7.24. The molecule has 0 aromatic heterocycles. The minimum absolute atomic E-state index is 0.0442. The van der Waals surface area contributed by atoms with E-state index in [9.17, 15) is 5.11 Å². The number of aliphatic hydroxyl groups is 1. The highest BCUT2D eigenvalue weighted by Crippen LogP contribution is 2.26. The van der Waals surface area contributed by atoms with Crippen molar-refractivity contribution >= 4 is 0 Å². The first-order valence-electron chi connectivity index (χ1n) is 7.81. The second kappa shape index (κ2) is 6.88. The maximum absolute atomic E-state index is 10.1. The number of aliphatic hydroxyl groups excluding tert-OH is 1. The lowest BCUT2D eigenvalue weighted by atomic mass is 9.86. The highest BCUT2D eigenvalue weighted by molar-refractivity contribution is 4.83. The molecule has 1 N–H and O–H groups in total. The Morgan fingerprint density at radius 3 is 2.61 bits per heavy atom. The SMILES string of the molecule is CCC1CN(C)CCCN1CC1CCCCC1O. The smallest absolute Gasteiger partial charge is 0.0580 e. The zero-order valence-electron chi connectivity index (χ0n) is 12.1. The number of nitrogens with zero attached hydrogens (tertiary/aromatic N) is 2. The number of hydrogen-bond donors (Lipinski definition) is 1. The maximum atomic E-state index is 10.1. The molecule has 106 valence electrons. The molecule has 3 nitrogen and oxygen atoms in total. The average molecular weight is 254 g/mol. The standard InChI is InChI=1S/C15H30N2O/c1-3-14-12-16(2)9-6-10-17(14)11-13-7-4-5-8-15(13)18/h13-15,18H,3-12H2,1-2H3. The molecule has 18 heavy (non-hydrogen) atoms. The van der Waals surface area contributed by atoms with E-state index >= 15 is 0 Å². The van der Waals surface area contributed by atoms with E-state index in [4.69, 9.17) is 0 Å². The van der Waals surface area contributed by atoms with Crippen LogP contribution in [-0.2, 0) is 0 Å². The molecule has 2 rings (SSSR count). The van der Waals surface area contributed by atoms with Crippen LogP contribution in [0.2, 0.25) is 0 Å². The van der Waals surface area contributed by atoms with Crippen LogP contribution in [0.25, 0.3) is 0 Å². The fourth-order valence-corrected chi connectivity index (χ4v) is 3.62. The highest BCUT2D eigenvalue weighted by Gasteiger charge is 2.29. The molecule has 0 amide bonds. The molecule has 0 aromatic rings. The average Bonchev–Trinajstić information content (AvgIpc) is 2.54. The molecule has 2 fully saturated rings. The summed E-state index contributed by atoms with van der Waals surface area (Å²) in [5.74, 6) is 0.524. The van der Waals surface area contributed by atoms with E-state index in [0.717, 1.165) is 13.0 Å². The van der Waals surface area contributed by atoms with Crippen LogP contribution in [0.1, 0.15) is 45.4 Å². The van der Waals surface area contributed by atoms with Gasteiger partial charge >= 0.3 is 0 Å². The Morgan fingerprint density at radius 1 is 1.11 bits per heavy atom. The Kier molecular flexibility index (Phi) is 5.46. The van der Waals surface area contributed by atoms with Crippen LogP contribution in [0.4, 0.5) is 0 Å². The van der Waals surface area contributed by atoms with E-state index in [0.29, 0.717) is 12.0 Å². The Morgan fingerprint density at radius 2 is 1.89 bits per heavy atom. The van der Waals surface area contributed by atoms with Gasteiger partial charge in [0, 0.05) is 19.1 Å². The largest absolute Gasteiger partial charge is 0.393 e. The Bertz CT molecular complexity index is 247. The normalized spacial score (nSPS) is 36.5. The predicted molar refractivity (Wildman–Crippen MR) is 75.7 cm³/mol. The molecule has 1 heterocycles. The van der Waals surface area contributed by atoms with Crippen molar-refractivity contribution in [1.82, 2.24) is 9.80 Å². The summed E-state index contributed by atoms with van der Waals surface area (Å²) >= 11 is 0. The molecular weight excluding hydrogens is 224 g/mol. The van der Waals surface area contributed by atoms with Crippen LogP contribution in [0.5, 0.6) is 0 Å². The van der Waals surface area contributed by atoms with Gasteiger partial charge in [-0.1, -0.05) is 19.8 Å². The van der Waals surface area contributed by atoms with Crippen molar-refractivity contribution < 1.29 is 5.11 Å². The van der Waals surface area contributed by atoms with Crippen molar-refractivity contribution in [1.29, 1.82) is 0 Å². The van der Waals surface area contributed by atoms with Crippen LogP contribution in [0.3, 0.4) is 0 Å². The van der Waals surface area contributed by atoms with Gasteiger partial charge in [0.15, 0.2) is 0 Å². The van der Waals surface area contributed by atoms with Gasteiger partial charge in [-0.05, 0) is 51.7 Å². The Hall–Kier alpha value is -0.120. The quantitative estimate of drug-likeness (QED) is 0.834. The molecule has 1 saturated carbocycles. The zero-order valence-corrected chi connectivity index (χ0v) is 12.1. The van der Waals surface area contributed by atoms with E-state index < -0.39 is 0 Å². The first-order chi connectivity index (χ1) is 8.70. The molecule has 2 aliphatic rings. The van der Waals surface area contributed by atoms with Crippen molar-refractivity contribution in [3.8, 4) is 0 Å². The monoisotopic (exact) mass is 254 g/mol. The molecular formula is C15H30N2O.